The average molecular weight is 267 g/mol. The van der Waals surface area contributed by atoms with Crippen molar-refractivity contribution in [2.45, 2.75) is 19.8 Å². The van der Waals surface area contributed by atoms with Gasteiger partial charge in [-0.25, -0.2) is 4.90 Å². The zero-order valence-corrected chi connectivity index (χ0v) is 11.5. The Morgan fingerprint density at radius 1 is 1.05 bits per heavy atom. The van der Waals surface area contributed by atoms with Crippen molar-refractivity contribution in [3.05, 3.63) is 42.0 Å². The zero-order chi connectivity index (χ0) is 13.9. The second-order valence-corrected chi connectivity index (χ2v) is 5.99. The molecule has 2 aliphatic carbocycles. The molecule has 0 radical (unpaired) electrons. The number of aryl methyl sites for hydroxylation is 1. The predicted octanol–water partition coefficient (Wildman–Crippen LogP) is 2.56. The van der Waals surface area contributed by atoms with Crippen molar-refractivity contribution in [1.82, 2.24) is 0 Å². The molecule has 3 nitrogen and oxygen atoms in total. The highest BCUT2D eigenvalue weighted by molar-refractivity contribution is 6.23. The van der Waals surface area contributed by atoms with Gasteiger partial charge in [-0.3, -0.25) is 9.59 Å². The lowest BCUT2D eigenvalue weighted by atomic mass is 9.85. The Hall–Kier alpha value is -1.90. The molecule has 1 aliphatic heterocycles. The van der Waals surface area contributed by atoms with Gasteiger partial charge >= 0.3 is 0 Å². The highest BCUT2D eigenvalue weighted by atomic mass is 16.2. The maximum absolute atomic E-state index is 12.7. The smallest absolute Gasteiger partial charge is 0.238 e. The highest BCUT2D eigenvalue weighted by Gasteiger charge is 2.59. The van der Waals surface area contributed by atoms with Gasteiger partial charge in [0.15, 0.2) is 0 Å². The molecule has 1 saturated carbocycles. The maximum atomic E-state index is 12.7. The fraction of sp³-hybridized carbons (Fsp3) is 0.412. The molecule has 20 heavy (non-hydrogen) atoms. The van der Waals surface area contributed by atoms with Crippen molar-refractivity contribution in [2.75, 3.05) is 4.90 Å². The number of carbonyl (C=O) groups is 2. The van der Waals surface area contributed by atoms with Crippen LogP contribution in [0.4, 0.5) is 5.69 Å². The average Bonchev–Trinajstić information content (AvgIpc) is 3.13. The van der Waals surface area contributed by atoms with Gasteiger partial charge in [-0.15, -0.1) is 0 Å². The number of amides is 2. The summed E-state index contributed by atoms with van der Waals surface area (Å²) < 4.78 is 0. The third-order valence-corrected chi connectivity index (χ3v) is 5.08. The SMILES string of the molecule is CCc1ccccc1N1C(=O)[C@@H]2[C@@H](C1=O)[C@@H]1C=C[C@@H]2C1. The number of benzene rings is 1. The van der Waals surface area contributed by atoms with Crippen LogP contribution < -0.4 is 4.90 Å². The molecule has 2 bridgehead atoms. The second-order valence-electron chi connectivity index (χ2n) is 5.99. The van der Waals surface area contributed by atoms with Gasteiger partial charge in [-0.05, 0) is 36.3 Å². The van der Waals surface area contributed by atoms with Crippen molar-refractivity contribution in [2.24, 2.45) is 23.7 Å². The van der Waals surface area contributed by atoms with Crippen LogP contribution in [-0.4, -0.2) is 11.8 Å². The van der Waals surface area contributed by atoms with Gasteiger partial charge < -0.3 is 0 Å². The van der Waals surface area contributed by atoms with Crippen LogP contribution in [0.25, 0.3) is 0 Å². The number of allylic oxidation sites excluding steroid dienone is 2. The van der Waals surface area contributed by atoms with Crippen LogP contribution in [0, 0.1) is 23.7 Å². The Bertz CT molecular complexity index is 604. The van der Waals surface area contributed by atoms with Crippen molar-refractivity contribution >= 4 is 17.5 Å². The Morgan fingerprint density at radius 2 is 1.65 bits per heavy atom. The third kappa shape index (κ3) is 1.35. The summed E-state index contributed by atoms with van der Waals surface area (Å²) in [6.45, 7) is 2.05. The van der Waals surface area contributed by atoms with Gasteiger partial charge in [0, 0.05) is 0 Å². The molecule has 0 N–H and O–H groups in total. The molecule has 2 amide bonds. The monoisotopic (exact) mass is 267 g/mol. The van der Waals surface area contributed by atoms with E-state index in [0.29, 0.717) is 0 Å². The van der Waals surface area contributed by atoms with Gasteiger partial charge in [-0.2, -0.15) is 0 Å². The normalized spacial score (nSPS) is 34.1. The molecule has 3 heteroatoms. The summed E-state index contributed by atoms with van der Waals surface area (Å²) in [6.07, 6.45) is 6.07. The lowest BCUT2D eigenvalue weighted by molar-refractivity contribution is -0.123. The first kappa shape index (κ1) is 11.9. The number of anilines is 1. The number of hydrogen-bond donors (Lipinski definition) is 0. The third-order valence-electron chi connectivity index (χ3n) is 5.08. The van der Waals surface area contributed by atoms with Crippen LogP contribution in [0.1, 0.15) is 18.9 Å². The van der Waals surface area contributed by atoms with Crippen LogP contribution in [0.15, 0.2) is 36.4 Å². The van der Waals surface area contributed by atoms with E-state index in [9.17, 15) is 9.59 Å². The van der Waals surface area contributed by atoms with E-state index in [1.165, 1.54) is 4.90 Å². The standard InChI is InChI=1S/C17H17NO2/c1-2-10-5-3-4-6-13(10)18-16(19)14-11-7-8-12(9-11)15(14)17(18)20/h3-8,11-12,14-15H,2,9H2,1H3/t11-,12-,14+,15+/m1/s1. The molecule has 1 aromatic rings. The number of hydrogen-bond acceptors (Lipinski definition) is 2. The number of fused-ring (bicyclic) bond motifs is 5. The van der Waals surface area contributed by atoms with E-state index >= 15 is 0 Å². The lowest BCUT2D eigenvalue weighted by Gasteiger charge is -2.20. The van der Waals surface area contributed by atoms with Crippen LogP contribution in [0.3, 0.4) is 0 Å². The lowest BCUT2D eigenvalue weighted by Crippen LogP contribution is -2.33. The molecular formula is C17H17NO2. The van der Waals surface area contributed by atoms with Crippen molar-refractivity contribution in [3.8, 4) is 0 Å². The minimum absolute atomic E-state index is 0.0118. The fourth-order valence-electron chi connectivity index (χ4n) is 4.17. The van der Waals surface area contributed by atoms with Gasteiger partial charge in [0.05, 0.1) is 17.5 Å². The molecule has 102 valence electrons. The van der Waals surface area contributed by atoms with E-state index in [0.717, 1.165) is 24.1 Å². The summed E-state index contributed by atoms with van der Waals surface area (Å²) in [7, 11) is 0. The molecule has 4 rings (SSSR count). The summed E-state index contributed by atoms with van der Waals surface area (Å²) in [5.74, 6) is 0.362. The Kier molecular flexibility index (Phi) is 2.40. The molecule has 1 saturated heterocycles. The fourth-order valence-corrected chi connectivity index (χ4v) is 4.17. The van der Waals surface area contributed by atoms with Crippen LogP contribution in [0.5, 0.6) is 0 Å². The van der Waals surface area contributed by atoms with E-state index in [-0.39, 0.29) is 35.5 Å². The second kappa shape index (κ2) is 4.05. The van der Waals surface area contributed by atoms with E-state index in [4.69, 9.17) is 0 Å². The van der Waals surface area contributed by atoms with Crippen LogP contribution >= 0.6 is 0 Å². The van der Waals surface area contributed by atoms with Crippen LogP contribution in [-0.2, 0) is 16.0 Å². The van der Waals surface area contributed by atoms with Crippen molar-refractivity contribution in [3.63, 3.8) is 0 Å². The first-order valence-corrected chi connectivity index (χ1v) is 7.36. The van der Waals surface area contributed by atoms with E-state index in [1.54, 1.807) is 0 Å². The molecule has 0 aromatic heterocycles. The van der Waals surface area contributed by atoms with Gasteiger partial charge in [0.25, 0.3) is 0 Å². The first-order chi connectivity index (χ1) is 9.72. The van der Waals surface area contributed by atoms with E-state index in [1.807, 2.05) is 24.3 Å². The molecule has 2 fully saturated rings. The molecule has 1 heterocycles. The van der Waals surface area contributed by atoms with Crippen molar-refractivity contribution in [1.29, 1.82) is 0 Å². The Labute approximate surface area is 118 Å². The number of para-hydroxylation sites is 1. The molecule has 4 atom stereocenters. The van der Waals surface area contributed by atoms with Gasteiger partial charge in [0.1, 0.15) is 0 Å². The minimum atomic E-state index is -0.109. The summed E-state index contributed by atoms with van der Waals surface area (Å²) >= 11 is 0. The summed E-state index contributed by atoms with van der Waals surface area (Å²) in [5.41, 5.74) is 1.85. The summed E-state index contributed by atoms with van der Waals surface area (Å²) in [4.78, 5) is 26.9. The first-order valence-electron chi connectivity index (χ1n) is 7.36. The number of carbonyl (C=O) groups excluding carboxylic acids is 2. The Balaban J connectivity index is 1.78. The van der Waals surface area contributed by atoms with E-state index in [2.05, 4.69) is 19.1 Å². The maximum Gasteiger partial charge on any atom is 0.238 e. The highest BCUT2D eigenvalue weighted by Crippen LogP contribution is 2.53. The summed E-state index contributed by atoms with van der Waals surface area (Å²) in [6, 6.07) is 7.75. The summed E-state index contributed by atoms with van der Waals surface area (Å²) in [5, 5.41) is 0. The molecule has 0 unspecified atom stereocenters. The topological polar surface area (TPSA) is 37.4 Å². The quantitative estimate of drug-likeness (QED) is 0.610. The van der Waals surface area contributed by atoms with E-state index < -0.39 is 0 Å². The van der Waals surface area contributed by atoms with Crippen molar-refractivity contribution < 1.29 is 9.59 Å². The van der Waals surface area contributed by atoms with Gasteiger partial charge in [0.2, 0.25) is 11.8 Å². The predicted molar refractivity (Wildman–Crippen MR) is 76.0 cm³/mol. The number of imide groups is 1. The molecule has 0 spiro atoms. The molecular weight excluding hydrogens is 250 g/mol. The van der Waals surface area contributed by atoms with Crippen LogP contribution in [0.2, 0.25) is 0 Å². The van der Waals surface area contributed by atoms with Gasteiger partial charge in [-0.1, -0.05) is 37.3 Å². The largest absolute Gasteiger partial charge is 0.274 e. The molecule has 1 aromatic carbocycles. The molecule has 3 aliphatic rings. The minimum Gasteiger partial charge on any atom is -0.274 e. The number of nitrogens with zero attached hydrogens (tertiary/aromatic N) is 1. The zero-order valence-electron chi connectivity index (χ0n) is 11.5. The number of rotatable bonds is 2. The Morgan fingerprint density at radius 3 is 2.25 bits per heavy atom.